The standard InChI is InChI=1S/C12H31NO2Si2/c1-8-14-17(7,15-9-2)12-10-11-13(3)16(4,5)6/h8-12H2,1-7H3. The highest BCUT2D eigenvalue weighted by molar-refractivity contribution is 6.73. The highest BCUT2D eigenvalue weighted by atomic mass is 28.4. The summed E-state index contributed by atoms with van der Waals surface area (Å²) in [4.78, 5) is 0. The molecule has 0 saturated carbocycles. The molecule has 0 bridgehead atoms. The van der Waals surface area contributed by atoms with Crippen molar-refractivity contribution in [3.63, 3.8) is 0 Å². The van der Waals surface area contributed by atoms with Gasteiger partial charge >= 0.3 is 8.56 Å². The van der Waals surface area contributed by atoms with Gasteiger partial charge < -0.3 is 13.4 Å². The van der Waals surface area contributed by atoms with Gasteiger partial charge in [0.1, 0.15) is 8.24 Å². The SMILES string of the molecule is CCO[Si](C)(CCCN(C)[Si](C)(C)C)OCC. The Morgan fingerprint density at radius 3 is 1.76 bits per heavy atom. The molecule has 0 unspecified atom stereocenters. The molecule has 0 aliphatic rings. The van der Waals surface area contributed by atoms with Crippen LogP contribution in [0.5, 0.6) is 0 Å². The molecule has 5 heteroatoms. The Bertz CT molecular complexity index is 201. The lowest BCUT2D eigenvalue weighted by Gasteiger charge is -2.31. The molecule has 3 nitrogen and oxygen atoms in total. The van der Waals surface area contributed by atoms with E-state index in [4.69, 9.17) is 8.85 Å². The maximum atomic E-state index is 5.85. The van der Waals surface area contributed by atoms with Gasteiger partial charge in [0, 0.05) is 13.2 Å². The molecule has 0 atom stereocenters. The first-order chi connectivity index (χ1) is 7.75. The zero-order chi connectivity index (χ0) is 13.5. The van der Waals surface area contributed by atoms with Crippen molar-refractivity contribution < 1.29 is 8.85 Å². The van der Waals surface area contributed by atoms with Gasteiger partial charge in [0.25, 0.3) is 0 Å². The van der Waals surface area contributed by atoms with Gasteiger partial charge in [0.2, 0.25) is 0 Å². The van der Waals surface area contributed by atoms with Crippen molar-refractivity contribution in [1.82, 2.24) is 4.57 Å². The second-order valence-corrected chi connectivity index (χ2v) is 14.1. The van der Waals surface area contributed by atoms with Crippen LogP contribution in [-0.2, 0) is 8.85 Å². The van der Waals surface area contributed by atoms with Gasteiger partial charge in [-0.2, -0.15) is 0 Å². The predicted octanol–water partition coefficient (Wildman–Crippen LogP) is 3.29. The molecule has 0 spiro atoms. The van der Waals surface area contributed by atoms with Crippen LogP contribution in [0.4, 0.5) is 0 Å². The molecule has 0 fully saturated rings. The minimum atomic E-state index is -1.89. The van der Waals surface area contributed by atoms with Crippen LogP contribution in [0.1, 0.15) is 20.3 Å². The molecule has 0 aliphatic carbocycles. The first kappa shape index (κ1) is 17.3. The summed E-state index contributed by atoms with van der Waals surface area (Å²) < 4.78 is 14.2. The third kappa shape index (κ3) is 7.36. The van der Waals surface area contributed by atoms with Crippen molar-refractivity contribution >= 4 is 16.8 Å². The molecule has 0 saturated heterocycles. The molecule has 17 heavy (non-hydrogen) atoms. The lowest BCUT2D eigenvalue weighted by Crippen LogP contribution is -2.45. The molecule has 0 aromatic carbocycles. The summed E-state index contributed by atoms with van der Waals surface area (Å²) in [5, 5.41) is 0. The molecule has 0 heterocycles. The molecular formula is C12H31NO2Si2. The third-order valence-electron chi connectivity index (χ3n) is 3.17. The molecule has 0 rings (SSSR count). The molecule has 104 valence electrons. The molecule has 0 radical (unpaired) electrons. The smallest absolute Gasteiger partial charge is 0.334 e. The van der Waals surface area contributed by atoms with Crippen molar-refractivity contribution in [3.8, 4) is 0 Å². The van der Waals surface area contributed by atoms with Crippen LogP contribution in [0.25, 0.3) is 0 Å². The first-order valence-electron chi connectivity index (χ1n) is 6.74. The zero-order valence-corrected chi connectivity index (χ0v) is 14.8. The van der Waals surface area contributed by atoms with Crippen LogP contribution in [0, 0.1) is 0 Å². The van der Waals surface area contributed by atoms with Crippen LogP contribution >= 0.6 is 0 Å². The molecule has 0 N–H and O–H groups in total. The first-order valence-corrected chi connectivity index (χ1v) is 12.7. The zero-order valence-electron chi connectivity index (χ0n) is 12.8. The van der Waals surface area contributed by atoms with Crippen LogP contribution < -0.4 is 0 Å². The Balaban J connectivity index is 4.06. The molecular weight excluding hydrogens is 246 g/mol. The van der Waals surface area contributed by atoms with Crippen molar-refractivity contribution in [1.29, 1.82) is 0 Å². The van der Waals surface area contributed by atoms with Crippen LogP contribution in [0.15, 0.2) is 0 Å². The van der Waals surface area contributed by atoms with Crippen molar-refractivity contribution in [2.75, 3.05) is 26.8 Å². The van der Waals surface area contributed by atoms with Crippen LogP contribution in [0.3, 0.4) is 0 Å². The van der Waals surface area contributed by atoms with Gasteiger partial charge in [-0.05, 0) is 46.5 Å². The summed E-state index contributed by atoms with van der Waals surface area (Å²) >= 11 is 0. The lowest BCUT2D eigenvalue weighted by atomic mass is 10.5. The number of hydrogen-bond acceptors (Lipinski definition) is 3. The third-order valence-corrected chi connectivity index (χ3v) is 8.74. The van der Waals surface area contributed by atoms with Crippen molar-refractivity contribution in [2.24, 2.45) is 0 Å². The van der Waals surface area contributed by atoms with E-state index < -0.39 is 16.8 Å². The Hall–Kier alpha value is 0.314. The molecule has 0 aromatic rings. The number of hydrogen-bond donors (Lipinski definition) is 0. The van der Waals surface area contributed by atoms with E-state index >= 15 is 0 Å². The fourth-order valence-electron chi connectivity index (χ4n) is 1.77. The average Bonchev–Trinajstić information content (AvgIpc) is 2.16. The van der Waals surface area contributed by atoms with Crippen molar-refractivity contribution in [2.45, 2.75) is 52.5 Å². The largest absolute Gasteiger partial charge is 0.395 e. The second kappa shape index (κ2) is 7.68. The number of rotatable bonds is 9. The monoisotopic (exact) mass is 277 g/mol. The van der Waals surface area contributed by atoms with E-state index in [9.17, 15) is 0 Å². The molecule has 0 aromatic heterocycles. The lowest BCUT2D eigenvalue weighted by molar-refractivity contribution is 0.187. The predicted molar refractivity (Wildman–Crippen MR) is 80.3 cm³/mol. The average molecular weight is 278 g/mol. The van der Waals surface area contributed by atoms with Gasteiger partial charge in [-0.15, -0.1) is 0 Å². The Labute approximate surface area is 110 Å². The summed E-state index contributed by atoms with van der Waals surface area (Å²) in [7, 11) is -0.771. The van der Waals surface area contributed by atoms with Gasteiger partial charge in [-0.1, -0.05) is 19.6 Å². The minimum absolute atomic E-state index is 0.770. The van der Waals surface area contributed by atoms with E-state index in [1.54, 1.807) is 0 Å². The van der Waals surface area contributed by atoms with Crippen LogP contribution in [0.2, 0.25) is 32.2 Å². The molecule has 0 amide bonds. The van der Waals surface area contributed by atoms with Gasteiger partial charge in [0.05, 0.1) is 0 Å². The van der Waals surface area contributed by atoms with E-state index in [1.807, 2.05) is 0 Å². The normalized spacial score (nSPS) is 13.4. The summed E-state index contributed by atoms with van der Waals surface area (Å²) in [6.07, 6.45) is 1.18. The number of nitrogens with zero attached hydrogens (tertiary/aromatic N) is 1. The topological polar surface area (TPSA) is 21.7 Å². The molecule has 0 aliphatic heterocycles. The van der Waals surface area contributed by atoms with E-state index in [0.717, 1.165) is 19.3 Å². The Morgan fingerprint density at radius 2 is 1.41 bits per heavy atom. The highest BCUT2D eigenvalue weighted by Gasteiger charge is 2.30. The van der Waals surface area contributed by atoms with Gasteiger partial charge in [-0.3, -0.25) is 0 Å². The van der Waals surface area contributed by atoms with Crippen LogP contribution in [-0.4, -0.2) is 48.2 Å². The van der Waals surface area contributed by atoms with E-state index in [0.29, 0.717) is 0 Å². The summed E-state index contributed by atoms with van der Waals surface area (Å²) in [5.74, 6) is 0. The fraction of sp³-hybridized carbons (Fsp3) is 1.00. The van der Waals surface area contributed by atoms with E-state index in [1.165, 1.54) is 13.0 Å². The van der Waals surface area contributed by atoms with E-state index in [2.05, 4.69) is 51.6 Å². The van der Waals surface area contributed by atoms with E-state index in [-0.39, 0.29) is 0 Å². The maximum absolute atomic E-state index is 5.85. The van der Waals surface area contributed by atoms with Gasteiger partial charge in [0.15, 0.2) is 0 Å². The summed E-state index contributed by atoms with van der Waals surface area (Å²) in [6.45, 7) is 16.2. The maximum Gasteiger partial charge on any atom is 0.334 e. The van der Waals surface area contributed by atoms with Gasteiger partial charge in [-0.25, -0.2) is 0 Å². The Kier molecular flexibility index (Phi) is 7.83. The fourth-order valence-corrected chi connectivity index (χ4v) is 4.99. The minimum Gasteiger partial charge on any atom is -0.395 e. The summed E-state index contributed by atoms with van der Waals surface area (Å²) in [6, 6.07) is 1.10. The summed E-state index contributed by atoms with van der Waals surface area (Å²) in [5.41, 5.74) is 0. The second-order valence-electron chi connectivity index (χ2n) is 5.70. The highest BCUT2D eigenvalue weighted by Crippen LogP contribution is 2.17. The quantitative estimate of drug-likeness (QED) is 0.604. The van der Waals surface area contributed by atoms with Crippen molar-refractivity contribution in [3.05, 3.63) is 0 Å². The Morgan fingerprint density at radius 1 is 0.941 bits per heavy atom.